The number of aliphatic hydroxyl groups excluding tert-OH is 1. The van der Waals surface area contributed by atoms with Crippen LogP contribution in [0.1, 0.15) is 12.5 Å². The van der Waals surface area contributed by atoms with Gasteiger partial charge in [-0.05, 0) is 24.7 Å². The Labute approximate surface area is 151 Å². The first-order chi connectivity index (χ1) is 10.9. The summed E-state index contributed by atoms with van der Waals surface area (Å²) in [6, 6.07) is 11.7. The third-order valence-electron chi connectivity index (χ3n) is 4.11. The highest BCUT2D eigenvalue weighted by atomic mass is 28.3. The Kier molecular flexibility index (Phi) is 7.66. The summed E-state index contributed by atoms with van der Waals surface area (Å²) in [5.74, 6) is 0. The minimum atomic E-state index is -1.27. The molecule has 4 heteroatoms. The molecule has 0 spiro atoms. The predicted octanol–water partition coefficient (Wildman–Crippen LogP) is 5.01. The Bertz CT molecular complexity index is 517. The molecule has 0 aliphatic heterocycles. The van der Waals surface area contributed by atoms with Crippen LogP contribution in [0.25, 0.3) is 0 Å². The molecule has 0 heterocycles. The smallest absolute Gasteiger partial charge is 0.0897 e. The molecule has 2 nitrogen and oxygen atoms in total. The average molecular weight is 364 g/mol. The van der Waals surface area contributed by atoms with E-state index in [4.69, 9.17) is 0 Å². The molecular formula is C20H37NOSi2. The van der Waals surface area contributed by atoms with Crippen LogP contribution in [0.2, 0.25) is 45.3 Å². The van der Waals surface area contributed by atoms with E-state index in [1.165, 1.54) is 5.56 Å². The number of nitrogens with zero attached hydrogens (tertiary/aromatic N) is 1. The van der Waals surface area contributed by atoms with Crippen LogP contribution in [0.3, 0.4) is 0 Å². The second-order valence-electron chi connectivity index (χ2n) is 9.53. The molecular weight excluding hydrogens is 326 g/mol. The molecule has 1 aromatic carbocycles. The molecule has 0 aromatic heterocycles. The van der Waals surface area contributed by atoms with E-state index in [0.29, 0.717) is 0 Å². The van der Waals surface area contributed by atoms with Crippen LogP contribution in [0.15, 0.2) is 42.5 Å². The fourth-order valence-corrected chi connectivity index (χ4v) is 6.29. The molecule has 0 aliphatic carbocycles. The zero-order valence-electron chi connectivity index (χ0n) is 16.8. The van der Waals surface area contributed by atoms with Crippen molar-refractivity contribution in [3.63, 3.8) is 0 Å². The van der Waals surface area contributed by atoms with E-state index in [-0.39, 0.29) is 6.04 Å². The second-order valence-corrected chi connectivity index (χ2v) is 20.4. The van der Waals surface area contributed by atoms with Crippen LogP contribution >= 0.6 is 0 Å². The molecule has 0 saturated heterocycles. The van der Waals surface area contributed by atoms with Gasteiger partial charge >= 0.3 is 0 Å². The average Bonchev–Trinajstić information content (AvgIpc) is 2.43. The fraction of sp³-hybridized carbons (Fsp3) is 0.600. The first-order valence-corrected chi connectivity index (χ1v) is 16.4. The Balaban J connectivity index is 2.90. The van der Waals surface area contributed by atoms with Crippen molar-refractivity contribution in [1.82, 2.24) is 4.90 Å². The van der Waals surface area contributed by atoms with Gasteiger partial charge in [-0.3, -0.25) is 4.90 Å². The third-order valence-corrected chi connectivity index (χ3v) is 6.98. The van der Waals surface area contributed by atoms with Gasteiger partial charge in [0.2, 0.25) is 0 Å². The summed E-state index contributed by atoms with van der Waals surface area (Å²) in [5, 5.41) is 10.9. The van der Waals surface area contributed by atoms with Crippen LogP contribution in [0, 0.1) is 0 Å². The number of hydrogen-bond acceptors (Lipinski definition) is 2. The molecule has 1 rings (SSSR count). The minimum absolute atomic E-state index is 0.0979. The van der Waals surface area contributed by atoms with E-state index >= 15 is 0 Å². The van der Waals surface area contributed by atoms with Crippen molar-refractivity contribution in [3.05, 3.63) is 48.0 Å². The highest BCUT2D eigenvalue weighted by molar-refractivity contribution is 6.76. The predicted molar refractivity (Wildman–Crippen MR) is 113 cm³/mol. The topological polar surface area (TPSA) is 23.5 Å². The van der Waals surface area contributed by atoms with Crippen LogP contribution in [-0.4, -0.2) is 44.5 Å². The number of aliphatic hydroxyl groups is 1. The van der Waals surface area contributed by atoms with Gasteiger partial charge in [0.05, 0.1) is 14.2 Å². The van der Waals surface area contributed by atoms with Crippen molar-refractivity contribution in [2.24, 2.45) is 0 Å². The molecule has 24 heavy (non-hydrogen) atoms. The fourth-order valence-electron chi connectivity index (χ4n) is 3.10. The van der Waals surface area contributed by atoms with E-state index in [2.05, 4.69) is 88.0 Å². The highest BCUT2D eigenvalue weighted by Gasteiger charge is 2.29. The summed E-state index contributed by atoms with van der Waals surface area (Å²) >= 11 is 0. The summed E-state index contributed by atoms with van der Waals surface area (Å²) in [6.07, 6.45) is 0.636. The molecule has 1 aromatic rings. The van der Waals surface area contributed by atoms with E-state index in [9.17, 15) is 5.11 Å². The molecule has 0 amide bonds. The number of hydrogen-bond donors (Lipinski definition) is 1. The molecule has 136 valence electrons. The van der Waals surface area contributed by atoms with E-state index in [1.807, 2.05) is 0 Å². The number of benzene rings is 1. The monoisotopic (exact) mass is 363 g/mol. The van der Waals surface area contributed by atoms with Crippen LogP contribution in [-0.2, 0) is 6.54 Å². The summed E-state index contributed by atoms with van der Waals surface area (Å²) in [6.45, 7) is 21.4. The molecule has 0 aliphatic rings. The van der Waals surface area contributed by atoms with Gasteiger partial charge in [-0.15, -0.1) is 0 Å². The highest BCUT2D eigenvalue weighted by Crippen LogP contribution is 2.23. The quantitative estimate of drug-likeness (QED) is 0.492. The largest absolute Gasteiger partial charge is 0.387 e. The van der Waals surface area contributed by atoms with Crippen LogP contribution < -0.4 is 0 Å². The van der Waals surface area contributed by atoms with Crippen LogP contribution in [0.5, 0.6) is 0 Å². The Morgan fingerprint density at radius 2 is 1.58 bits per heavy atom. The van der Waals surface area contributed by atoms with E-state index < -0.39 is 22.3 Å². The summed E-state index contributed by atoms with van der Waals surface area (Å²) in [4.78, 5) is 2.46. The van der Waals surface area contributed by atoms with Crippen molar-refractivity contribution < 1.29 is 5.11 Å². The molecule has 0 saturated carbocycles. The molecule has 0 fully saturated rings. The van der Waals surface area contributed by atoms with Gasteiger partial charge < -0.3 is 5.11 Å². The molecule has 0 unspecified atom stereocenters. The third kappa shape index (κ3) is 7.92. The first-order valence-electron chi connectivity index (χ1n) is 9.03. The van der Waals surface area contributed by atoms with Crippen molar-refractivity contribution in [1.29, 1.82) is 0 Å². The first kappa shape index (κ1) is 21.4. The molecule has 2 atom stereocenters. The van der Waals surface area contributed by atoms with E-state index in [0.717, 1.165) is 24.3 Å². The minimum Gasteiger partial charge on any atom is -0.387 e. The maximum atomic E-state index is 10.9. The summed E-state index contributed by atoms with van der Waals surface area (Å²) < 4.78 is 0. The number of rotatable bonds is 9. The normalized spacial score (nSPS) is 15.4. The molecule has 0 radical (unpaired) electrons. The summed E-state index contributed by atoms with van der Waals surface area (Å²) in [7, 11) is -2.52. The van der Waals surface area contributed by atoms with E-state index in [1.54, 1.807) is 0 Å². The molecule has 0 bridgehead atoms. The van der Waals surface area contributed by atoms with Gasteiger partial charge in [0.1, 0.15) is 0 Å². The maximum Gasteiger partial charge on any atom is 0.0897 e. The lowest BCUT2D eigenvalue weighted by Crippen LogP contribution is -2.49. The second kappa shape index (κ2) is 8.61. The van der Waals surface area contributed by atoms with Crippen LogP contribution in [0.4, 0.5) is 0 Å². The van der Waals surface area contributed by atoms with Crippen molar-refractivity contribution in [2.45, 2.75) is 70.9 Å². The zero-order chi connectivity index (χ0) is 18.5. The maximum absolute atomic E-state index is 10.9. The Morgan fingerprint density at radius 1 is 1.04 bits per heavy atom. The van der Waals surface area contributed by atoms with Gasteiger partial charge in [-0.2, -0.15) is 0 Å². The van der Waals surface area contributed by atoms with Crippen molar-refractivity contribution >= 4 is 16.1 Å². The van der Waals surface area contributed by atoms with Gasteiger partial charge in [0.15, 0.2) is 0 Å². The van der Waals surface area contributed by atoms with Gasteiger partial charge in [-0.25, -0.2) is 0 Å². The Hall–Kier alpha value is -0.686. The SMILES string of the molecule is C=C(C[Si](C)(C)C)[C@@H](O)[C@H](C)N(Cc1ccccc1)C[Si](C)(C)C. The van der Waals surface area contributed by atoms with Gasteiger partial charge in [0, 0.05) is 20.7 Å². The van der Waals surface area contributed by atoms with Gasteiger partial charge in [-0.1, -0.05) is 81.8 Å². The lowest BCUT2D eigenvalue weighted by Gasteiger charge is -2.37. The lowest BCUT2D eigenvalue weighted by atomic mass is 10.0. The van der Waals surface area contributed by atoms with Crippen molar-refractivity contribution in [3.8, 4) is 0 Å². The lowest BCUT2D eigenvalue weighted by molar-refractivity contribution is 0.0878. The van der Waals surface area contributed by atoms with Gasteiger partial charge in [0.25, 0.3) is 0 Å². The van der Waals surface area contributed by atoms with Crippen molar-refractivity contribution in [2.75, 3.05) is 6.17 Å². The standard InChI is InChI=1S/C20H37NOSi2/c1-17(15-23(3,4)5)20(22)18(2)21(16-24(6,7)8)14-19-12-10-9-11-13-19/h9-13,18,20,22H,1,14-16H2,2-8H3/t18-,20+/m0/s1. The zero-order valence-corrected chi connectivity index (χ0v) is 18.8. The summed E-state index contributed by atoms with van der Waals surface area (Å²) in [5.41, 5.74) is 2.32. The molecule has 1 N–H and O–H groups in total. The Morgan fingerprint density at radius 3 is 2.04 bits per heavy atom.